The van der Waals surface area contributed by atoms with Crippen LogP contribution in [0.25, 0.3) is 0 Å². The third kappa shape index (κ3) is 10.0. The Morgan fingerprint density at radius 3 is 2.53 bits per heavy atom. The van der Waals surface area contributed by atoms with E-state index in [4.69, 9.17) is 35.4 Å². The van der Waals surface area contributed by atoms with E-state index in [0.717, 1.165) is 16.3 Å². The first kappa shape index (κ1) is 17.6. The predicted octanol–water partition coefficient (Wildman–Crippen LogP) is -1.72. The number of nitrogens with zero attached hydrogens (tertiary/aromatic N) is 3. The molecular formula is C21H35N7O7S. The highest BCUT2D eigenvalue weighted by atomic mass is 32.2. The van der Waals surface area contributed by atoms with E-state index < -0.39 is 93.7 Å². The summed E-state index contributed by atoms with van der Waals surface area (Å²) in [7, 11) is 0. The molecule has 3 unspecified atom stereocenters. The maximum atomic E-state index is 12.6. The van der Waals surface area contributed by atoms with Gasteiger partial charge in [0.2, 0.25) is 17.8 Å². The van der Waals surface area contributed by atoms with Gasteiger partial charge in [-0.1, -0.05) is 6.37 Å². The van der Waals surface area contributed by atoms with Crippen LogP contribution in [0, 0.1) is 0 Å². The number of imidazole rings is 1. The van der Waals surface area contributed by atoms with Crippen molar-refractivity contribution in [3.8, 4) is 0 Å². The number of nitrogen functional groups attached to an aromatic ring is 1. The zero-order chi connectivity index (χ0) is 35.6. The third-order valence-electron chi connectivity index (χ3n) is 4.61. The Bertz CT molecular complexity index is 1290. The topological polar surface area (TPSA) is 226 Å². The Labute approximate surface area is 226 Å². The number of nitrogens with one attached hydrogen (secondary N) is 2. The smallest absolute Gasteiger partial charge is 0.322 e. The first-order valence-electron chi connectivity index (χ1n) is 15.5. The van der Waals surface area contributed by atoms with Crippen LogP contribution in [0.5, 0.6) is 0 Å². The maximum absolute atomic E-state index is 12.6. The summed E-state index contributed by atoms with van der Waals surface area (Å²) in [5.74, 6) is -4.92. The average Bonchev–Trinajstić information content (AvgIpc) is 3.28. The van der Waals surface area contributed by atoms with E-state index in [1.165, 1.54) is 6.20 Å². The van der Waals surface area contributed by atoms with Crippen molar-refractivity contribution in [3.63, 3.8) is 0 Å². The Morgan fingerprint density at radius 2 is 1.89 bits per heavy atom. The summed E-state index contributed by atoms with van der Waals surface area (Å²) < 4.78 is 81.9. The third-order valence-corrected chi connectivity index (χ3v) is 5.73. The monoisotopic (exact) mass is 539 g/mol. The van der Waals surface area contributed by atoms with Crippen molar-refractivity contribution in [2.75, 3.05) is 37.6 Å². The number of carboxylic acids is 2. The molecule has 1 aromatic heterocycles. The maximum Gasteiger partial charge on any atom is 0.322 e. The second-order valence-electron chi connectivity index (χ2n) is 7.45. The molecule has 1 saturated heterocycles. The Kier molecular flexibility index (Phi) is 7.13. The average molecular weight is 540 g/mol. The van der Waals surface area contributed by atoms with Crippen LogP contribution in [0.15, 0.2) is 11.2 Å². The molecule has 1 aromatic rings. The highest BCUT2D eigenvalue weighted by molar-refractivity contribution is 7.99. The van der Waals surface area contributed by atoms with E-state index in [0.29, 0.717) is 0 Å². The molecule has 9 N–H and O–H groups in total. The van der Waals surface area contributed by atoms with E-state index in [9.17, 15) is 24.3 Å². The van der Waals surface area contributed by atoms with E-state index >= 15 is 0 Å². The summed E-state index contributed by atoms with van der Waals surface area (Å²) in [6, 6.07) is -2.72. The number of rotatable bonds is 15. The molecule has 0 spiro atoms. The van der Waals surface area contributed by atoms with Crippen molar-refractivity contribution in [3.05, 3.63) is 6.20 Å². The lowest BCUT2D eigenvalue weighted by atomic mass is 10.1. The number of β-amino-alcohol motifs (C(OH)–C–C–N with tert-alkyl or cyclic N) is 1. The number of aliphatic hydroxyl groups excluding tert-OH is 1. The number of anilines is 1. The number of amides is 2. The van der Waals surface area contributed by atoms with Crippen molar-refractivity contribution in [1.29, 1.82) is 0 Å². The summed E-state index contributed by atoms with van der Waals surface area (Å²) in [5, 5.41) is 33.2. The minimum atomic E-state index is -3.63. The molecule has 0 saturated carbocycles. The SMILES string of the molecule is [2H]C1([2H])N(CC(O)Cn2c(SCC(NC(=O)CCC(N)C(=O)O)C(=O)NCC(=O)O)cnc2N)C([2H])([2H])C([2H])([2H])C([2H])([2H])C1([2H])[2H]. The lowest BCUT2D eigenvalue weighted by Crippen LogP contribution is -2.49. The second-order valence-corrected chi connectivity index (χ2v) is 8.49. The molecule has 15 heteroatoms. The van der Waals surface area contributed by atoms with Gasteiger partial charge >= 0.3 is 11.9 Å². The first-order valence-corrected chi connectivity index (χ1v) is 11.5. The largest absolute Gasteiger partial charge is 0.480 e. The summed E-state index contributed by atoms with van der Waals surface area (Å²) in [5.41, 5.74) is 11.3. The van der Waals surface area contributed by atoms with Crippen LogP contribution in [-0.2, 0) is 25.7 Å². The Hall–Kier alpha value is -2.88. The molecule has 1 aliphatic rings. The quantitative estimate of drug-likeness (QED) is 0.124. The summed E-state index contributed by atoms with van der Waals surface area (Å²) in [4.78, 5) is 50.8. The lowest BCUT2D eigenvalue weighted by molar-refractivity contribution is -0.139. The van der Waals surface area contributed by atoms with Crippen LogP contribution < -0.4 is 22.1 Å². The normalized spacial score (nSPS) is 27.7. The molecule has 0 aromatic carbocycles. The minimum Gasteiger partial charge on any atom is -0.480 e. The van der Waals surface area contributed by atoms with Crippen LogP contribution in [0.4, 0.5) is 5.95 Å². The molecule has 0 bridgehead atoms. The van der Waals surface area contributed by atoms with Crippen molar-refractivity contribution in [1.82, 2.24) is 25.1 Å². The van der Waals surface area contributed by atoms with Crippen molar-refractivity contribution >= 4 is 41.5 Å². The number of nitrogens with two attached hydrogens (primary N) is 2. The number of aromatic nitrogens is 2. The van der Waals surface area contributed by atoms with Gasteiger partial charge in [-0.2, -0.15) is 0 Å². The molecule has 3 atom stereocenters. The van der Waals surface area contributed by atoms with Crippen LogP contribution in [0.2, 0.25) is 0 Å². The fraction of sp³-hybridized carbons (Fsp3) is 0.667. The van der Waals surface area contributed by atoms with Gasteiger partial charge in [-0.25, -0.2) is 4.98 Å². The first-order chi connectivity index (χ1) is 20.8. The number of hydrogen-bond donors (Lipinski definition) is 7. The van der Waals surface area contributed by atoms with Gasteiger partial charge in [0, 0.05) is 32.4 Å². The molecule has 1 aliphatic heterocycles. The molecule has 0 aliphatic carbocycles. The van der Waals surface area contributed by atoms with Gasteiger partial charge in [-0.05, 0) is 32.2 Å². The number of aliphatic hydroxyl groups is 1. The number of piperidine rings is 1. The standard InChI is InChI=1S/C21H35N7O7S/c22-14(20(34)35)4-5-16(30)26-15(19(33)24-9-18(31)32)12-36-17-8-25-21(23)28(17)11-13(29)10-27-6-2-1-3-7-27/h8,13-15,29H,1-7,9-12,22H2,(H2,23,25)(H,24,33)(H,26,30)(H,31,32)(H,34,35)/i1D2,2D2,3D2,6D2,7D2. The molecule has 202 valence electrons. The van der Waals surface area contributed by atoms with Gasteiger partial charge in [0.05, 0.1) is 23.9 Å². The Balaban J connectivity index is 2.25. The van der Waals surface area contributed by atoms with Crippen molar-refractivity contribution in [2.24, 2.45) is 5.73 Å². The highest BCUT2D eigenvalue weighted by Gasteiger charge is 2.24. The van der Waals surface area contributed by atoms with Gasteiger partial charge in [-0.15, -0.1) is 11.8 Å². The van der Waals surface area contributed by atoms with E-state index in [2.05, 4.69) is 15.6 Å². The number of aliphatic carboxylic acids is 2. The van der Waals surface area contributed by atoms with Crippen LogP contribution >= 0.6 is 11.8 Å². The summed E-state index contributed by atoms with van der Waals surface area (Å²) in [6.45, 7) is -9.27. The molecule has 2 heterocycles. The number of likely N-dealkylation sites (tertiary alicyclic amines) is 1. The number of carboxylic acid groups (broad SMARTS) is 2. The van der Waals surface area contributed by atoms with Crippen LogP contribution in [0.3, 0.4) is 0 Å². The van der Waals surface area contributed by atoms with Crippen LogP contribution in [-0.4, -0.2) is 104 Å². The van der Waals surface area contributed by atoms with Gasteiger partial charge in [0.25, 0.3) is 0 Å². The molecular weight excluding hydrogens is 494 g/mol. The zero-order valence-electron chi connectivity index (χ0n) is 28.9. The molecule has 14 nitrogen and oxygen atoms in total. The summed E-state index contributed by atoms with van der Waals surface area (Å²) in [6.07, 6.45) is -12.0. The number of hydrogen-bond acceptors (Lipinski definition) is 10. The minimum absolute atomic E-state index is 0.0700. The van der Waals surface area contributed by atoms with Crippen LogP contribution in [0.1, 0.15) is 45.7 Å². The number of carbonyl (C=O) groups excluding carboxylic acids is 2. The fourth-order valence-corrected chi connectivity index (χ4v) is 3.83. The van der Waals surface area contributed by atoms with Crippen molar-refractivity contribution < 1.29 is 48.2 Å². The highest BCUT2D eigenvalue weighted by Crippen LogP contribution is 2.23. The zero-order valence-corrected chi connectivity index (χ0v) is 19.7. The van der Waals surface area contributed by atoms with E-state index in [1.54, 1.807) is 0 Å². The number of thioether (sulfide) groups is 1. The second kappa shape index (κ2) is 14.6. The lowest BCUT2D eigenvalue weighted by Gasteiger charge is -2.28. The van der Waals surface area contributed by atoms with Crippen molar-refractivity contribution in [2.45, 2.75) is 61.7 Å². The van der Waals surface area contributed by atoms with Gasteiger partial charge in [0.1, 0.15) is 18.6 Å². The molecule has 1 fully saturated rings. The molecule has 2 rings (SSSR count). The van der Waals surface area contributed by atoms with E-state index in [-0.39, 0.29) is 34.5 Å². The van der Waals surface area contributed by atoms with E-state index in [1.807, 2.05) is 0 Å². The number of carbonyl (C=O) groups is 4. The summed E-state index contributed by atoms with van der Waals surface area (Å²) >= 11 is 0.833. The predicted molar refractivity (Wildman–Crippen MR) is 131 cm³/mol. The van der Waals surface area contributed by atoms with Gasteiger partial charge in [0.15, 0.2) is 0 Å². The molecule has 36 heavy (non-hydrogen) atoms. The molecule has 0 radical (unpaired) electrons. The fourth-order valence-electron chi connectivity index (χ4n) is 2.81. The molecule has 2 amide bonds. The van der Waals surface area contributed by atoms with Gasteiger partial charge in [-0.3, -0.25) is 19.2 Å². The van der Waals surface area contributed by atoms with Gasteiger partial charge < -0.3 is 46.9 Å². The Morgan fingerprint density at radius 1 is 1.19 bits per heavy atom.